The molecular weight excluding hydrogens is 168 g/mol. The Labute approximate surface area is 76.3 Å². The Morgan fingerprint density at radius 2 is 2.31 bits per heavy atom. The molecule has 5 heteroatoms. The van der Waals surface area contributed by atoms with Gasteiger partial charge in [-0.15, -0.1) is 0 Å². The monoisotopic (exact) mass is 180 g/mol. The Morgan fingerprint density at radius 3 is 2.92 bits per heavy atom. The van der Waals surface area contributed by atoms with E-state index >= 15 is 0 Å². The summed E-state index contributed by atoms with van der Waals surface area (Å²) >= 11 is 0. The van der Waals surface area contributed by atoms with Crippen molar-refractivity contribution < 1.29 is 4.79 Å². The average Bonchev–Trinajstić information content (AvgIpc) is 2.07. The van der Waals surface area contributed by atoms with Crippen molar-refractivity contribution in [3.05, 3.63) is 18.0 Å². The van der Waals surface area contributed by atoms with E-state index in [1.54, 1.807) is 19.2 Å². The summed E-state index contributed by atoms with van der Waals surface area (Å²) in [4.78, 5) is 14.6. The Bertz CT molecular complexity index is 324. The van der Waals surface area contributed by atoms with Gasteiger partial charge in [0.1, 0.15) is 0 Å². The van der Waals surface area contributed by atoms with E-state index in [9.17, 15) is 4.79 Å². The van der Waals surface area contributed by atoms with Crippen LogP contribution in [0.3, 0.4) is 0 Å². The highest BCUT2D eigenvalue weighted by atomic mass is 16.2. The summed E-state index contributed by atoms with van der Waals surface area (Å²) in [5.74, 6) is -0.172. The van der Waals surface area contributed by atoms with Crippen molar-refractivity contribution in [3.8, 4) is 0 Å². The summed E-state index contributed by atoms with van der Waals surface area (Å²) in [5.41, 5.74) is 12.7. The third-order valence-electron chi connectivity index (χ3n) is 1.56. The number of carbonyl (C=O) groups is 1. The fourth-order valence-electron chi connectivity index (χ4n) is 0.842. The molecule has 1 aromatic heterocycles. The molecule has 0 saturated heterocycles. The first-order chi connectivity index (χ1) is 6.11. The minimum Gasteiger partial charge on any atom is -0.396 e. The van der Waals surface area contributed by atoms with Crippen LogP contribution in [-0.2, 0) is 4.79 Å². The lowest BCUT2D eigenvalue weighted by molar-refractivity contribution is -0.118. The van der Waals surface area contributed by atoms with Crippen LogP contribution >= 0.6 is 0 Å². The minimum absolute atomic E-state index is 0.172. The molecule has 0 aliphatic carbocycles. The summed E-state index contributed by atoms with van der Waals surface area (Å²) in [6.45, 7) is 3.21. The van der Waals surface area contributed by atoms with Crippen LogP contribution in [0, 0.1) is 6.92 Å². The highest BCUT2D eigenvalue weighted by Crippen LogP contribution is 2.18. The molecule has 0 saturated carbocycles. The lowest BCUT2D eigenvalue weighted by Crippen LogP contribution is -2.27. The number of hydrogen-bond acceptors (Lipinski definition) is 4. The zero-order valence-electron chi connectivity index (χ0n) is 7.59. The fraction of sp³-hybridized carbons (Fsp3) is 0.250. The van der Waals surface area contributed by atoms with Crippen LogP contribution in [0.25, 0.3) is 0 Å². The number of aryl methyl sites for hydroxylation is 1. The molecule has 0 fully saturated rings. The highest BCUT2D eigenvalue weighted by molar-refractivity contribution is 5.76. The molecule has 1 heterocycles. The number of carbonyl (C=O) groups excluding carboxylic acids is 1. The van der Waals surface area contributed by atoms with Crippen LogP contribution in [0.5, 0.6) is 0 Å². The molecule has 0 bridgehead atoms. The van der Waals surface area contributed by atoms with Gasteiger partial charge in [-0.25, -0.2) is 0 Å². The second-order valence-electron chi connectivity index (χ2n) is 2.66. The SMILES string of the molecule is CC(=O)NNc1ccnc(C)c1N. The molecule has 0 atom stereocenters. The Balaban J connectivity index is 2.77. The number of nitrogens with one attached hydrogen (secondary N) is 2. The van der Waals surface area contributed by atoms with Crippen molar-refractivity contribution in [1.82, 2.24) is 10.4 Å². The summed E-state index contributed by atoms with van der Waals surface area (Å²) in [5, 5.41) is 0. The van der Waals surface area contributed by atoms with Crippen molar-refractivity contribution in [1.29, 1.82) is 0 Å². The normalized spacial score (nSPS) is 9.38. The van der Waals surface area contributed by atoms with Crippen LogP contribution in [0.15, 0.2) is 12.3 Å². The fourth-order valence-corrected chi connectivity index (χ4v) is 0.842. The van der Waals surface area contributed by atoms with Crippen LogP contribution in [0.1, 0.15) is 12.6 Å². The molecule has 1 aromatic rings. The zero-order valence-corrected chi connectivity index (χ0v) is 7.59. The molecule has 0 radical (unpaired) electrons. The van der Waals surface area contributed by atoms with E-state index in [4.69, 9.17) is 5.73 Å². The third-order valence-corrected chi connectivity index (χ3v) is 1.56. The van der Waals surface area contributed by atoms with Gasteiger partial charge in [0, 0.05) is 13.1 Å². The van der Waals surface area contributed by atoms with Gasteiger partial charge in [-0.3, -0.25) is 20.6 Å². The van der Waals surface area contributed by atoms with Gasteiger partial charge in [-0.2, -0.15) is 0 Å². The Kier molecular flexibility index (Phi) is 2.69. The molecular formula is C8H12N4O. The molecule has 0 aliphatic heterocycles. The van der Waals surface area contributed by atoms with Gasteiger partial charge < -0.3 is 5.73 Å². The predicted octanol–water partition coefficient (Wildman–Crippen LogP) is 0.435. The number of nitrogens with zero attached hydrogens (tertiary/aromatic N) is 1. The Hall–Kier alpha value is -1.78. The number of hydrogen-bond donors (Lipinski definition) is 3. The topological polar surface area (TPSA) is 80.0 Å². The Morgan fingerprint density at radius 1 is 1.62 bits per heavy atom. The first kappa shape index (κ1) is 9.31. The van der Waals surface area contributed by atoms with E-state index in [-0.39, 0.29) is 5.91 Å². The minimum atomic E-state index is -0.172. The number of nitrogens with two attached hydrogens (primary N) is 1. The number of amides is 1. The molecule has 70 valence electrons. The van der Waals surface area contributed by atoms with Crippen molar-refractivity contribution >= 4 is 17.3 Å². The number of hydrazine groups is 1. The second kappa shape index (κ2) is 3.75. The van der Waals surface area contributed by atoms with E-state index in [0.717, 1.165) is 5.69 Å². The lowest BCUT2D eigenvalue weighted by atomic mass is 10.3. The van der Waals surface area contributed by atoms with Gasteiger partial charge in [-0.05, 0) is 13.0 Å². The number of pyridine rings is 1. The van der Waals surface area contributed by atoms with Crippen molar-refractivity contribution in [2.75, 3.05) is 11.2 Å². The zero-order chi connectivity index (χ0) is 9.84. The first-order valence-corrected chi connectivity index (χ1v) is 3.85. The smallest absolute Gasteiger partial charge is 0.235 e. The number of anilines is 2. The van der Waals surface area contributed by atoms with E-state index in [0.29, 0.717) is 11.4 Å². The second-order valence-corrected chi connectivity index (χ2v) is 2.66. The van der Waals surface area contributed by atoms with E-state index in [1.807, 2.05) is 0 Å². The summed E-state index contributed by atoms with van der Waals surface area (Å²) in [6, 6.07) is 1.69. The lowest BCUT2D eigenvalue weighted by Gasteiger charge is -2.09. The molecule has 4 N–H and O–H groups in total. The van der Waals surface area contributed by atoms with Crippen LogP contribution in [-0.4, -0.2) is 10.9 Å². The van der Waals surface area contributed by atoms with E-state index in [2.05, 4.69) is 15.8 Å². The van der Waals surface area contributed by atoms with Crippen LogP contribution in [0.2, 0.25) is 0 Å². The first-order valence-electron chi connectivity index (χ1n) is 3.85. The average molecular weight is 180 g/mol. The van der Waals surface area contributed by atoms with Gasteiger partial charge in [0.2, 0.25) is 5.91 Å². The van der Waals surface area contributed by atoms with Gasteiger partial charge in [0.15, 0.2) is 0 Å². The van der Waals surface area contributed by atoms with E-state index in [1.165, 1.54) is 6.92 Å². The molecule has 0 aromatic carbocycles. The third kappa shape index (κ3) is 2.33. The maximum Gasteiger partial charge on any atom is 0.235 e. The maximum absolute atomic E-state index is 10.6. The molecule has 1 rings (SSSR count). The largest absolute Gasteiger partial charge is 0.396 e. The molecule has 0 spiro atoms. The van der Waals surface area contributed by atoms with Gasteiger partial charge in [0.05, 0.1) is 17.1 Å². The molecule has 1 amide bonds. The summed E-state index contributed by atoms with van der Waals surface area (Å²) in [7, 11) is 0. The maximum atomic E-state index is 10.6. The number of nitrogen functional groups attached to an aromatic ring is 1. The molecule has 0 aliphatic rings. The standard InChI is InChI=1S/C8H12N4O/c1-5-8(9)7(3-4-10-5)12-11-6(2)13/h3-4H,9H2,1-2H3,(H,10,12)(H,11,13). The predicted molar refractivity (Wildman–Crippen MR) is 50.8 cm³/mol. The van der Waals surface area contributed by atoms with Gasteiger partial charge >= 0.3 is 0 Å². The summed E-state index contributed by atoms with van der Waals surface area (Å²) in [6.07, 6.45) is 1.62. The van der Waals surface area contributed by atoms with Gasteiger partial charge in [-0.1, -0.05) is 0 Å². The number of aromatic nitrogens is 1. The molecule has 13 heavy (non-hydrogen) atoms. The van der Waals surface area contributed by atoms with Gasteiger partial charge in [0.25, 0.3) is 0 Å². The summed E-state index contributed by atoms with van der Waals surface area (Å²) < 4.78 is 0. The van der Waals surface area contributed by atoms with Crippen LogP contribution < -0.4 is 16.6 Å². The van der Waals surface area contributed by atoms with Crippen LogP contribution in [0.4, 0.5) is 11.4 Å². The van der Waals surface area contributed by atoms with E-state index < -0.39 is 0 Å². The van der Waals surface area contributed by atoms with Crippen molar-refractivity contribution in [2.24, 2.45) is 0 Å². The molecule has 5 nitrogen and oxygen atoms in total. The quantitative estimate of drug-likeness (QED) is 0.577. The van der Waals surface area contributed by atoms with Crippen molar-refractivity contribution in [2.45, 2.75) is 13.8 Å². The highest BCUT2D eigenvalue weighted by Gasteiger charge is 2.01. The molecule has 0 unspecified atom stereocenters. The van der Waals surface area contributed by atoms with Crippen molar-refractivity contribution in [3.63, 3.8) is 0 Å². The number of rotatable bonds is 2.